The molecule has 0 amide bonds. The molecule has 0 aliphatic heterocycles. The third-order valence-corrected chi connectivity index (χ3v) is 2.70. The molecule has 1 aromatic carbocycles. The van der Waals surface area contributed by atoms with E-state index in [0.717, 1.165) is 12.0 Å². The molecule has 0 saturated heterocycles. The van der Waals surface area contributed by atoms with Crippen molar-refractivity contribution >= 4 is 0 Å². The van der Waals surface area contributed by atoms with Gasteiger partial charge in [-0.25, -0.2) is 0 Å². The van der Waals surface area contributed by atoms with E-state index < -0.39 is 11.6 Å². The number of nitrogens with two attached hydrogens (primary N) is 1. The van der Waals surface area contributed by atoms with Crippen molar-refractivity contribution in [2.45, 2.75) is 38.8 Å². The molecule has 1 unspecified atom stereocenters. The smallest absolute Gasteiger partial charge is 0.124 e. The topological polar surface area (TPSA) is 55.5 Å². The SMILES string of the molecule is CCc1ccc(OC)c(C(O)C(C)(C)N)c1. The maximum absolute atomic E-state index is 10.2. The van der Waals surface area contributed by atoms with Gasteiger partial charge in [0.15, 0.2) is 0 Å². The fraction of sp³-hybridized carbons (Fsp3) is 0.538. The maximum Gasteiger partial charge on any atom is 0.124 e. The van der Waals surface area contributed by atoms with Crippen LogP contribution in [0.1, 0.15) is 38.0 Å². The number of hydrogen-bond acceptors (Lipinski definition) is 3. The number of hydrogen-bond donors (Lipinski definition) is 2. The van der Waals surface area contributed by atoms with Gasteiger partial charge < -0.3 is 15.6 Å². The van der Waals surface area contributed by atoms with E-state index in [2.05, 4.69) is 6.92 Å². The van der Waals surface area contributed by atoms with Crippen LogP contribution in [0.4, 0.5) is 0 Å². The van der Waals surface area contributed by atoms with Crippen LogP contribution in [0.5, 0.6) is 5.75 Å². The summed E-state index contributed by atoms with van der Waals surface area (Å²) in [6.07, 6.45) is 0.197. The number of aryl methyl sites for hydroxylation is 1. The standard InChI is InChI=1S/C13H21NO2/c1-5-9-6-7-11(16-4)10(8-9)12(15)13(2,3)14/h6-8,12,15H,5,14H2,1-4H3. The molecule has 1 rings (SSSR count). The zero-order valence-electron chi connectivity index (χ0n) is 10.4. The second kappa shape index (κ2) is 4.85. The van der Waals surface area contributed by atoms with Crippen molar-refractivity contribution in [3.8, 4) is 5.75 Å². The minimum Gasteiger partial charge on any atom is -0.496 e. The van der Waals surface area contributed by atoms with Crippen molar-refractivity contribution in [3.63, 3.8) is 0 Å². The predicted octanol–water partition coefficient (Wildman–Crippen LogP) is 2.03. The van der Waals surface area contributed by atoms with Gasteiger partial charge in [-0.3, -0.25) is 0 Å². The van der Waals surface area contributed by atoms with Crippen LogP contribution in [0, 0.1) is 0 Å². The predicted molar refractivity (Wildman–Crippen MR) is 65.6 cm³/mol. The van der Waals surface area contributed by atoms with Crippen LogP contribution >= 0.6 is 0 Å². The van der Waals surface area contributed by atoms with Gasteiger partial charge in [0.1, 0.15) is 5.75 Å². The number of aliphatic hydroxyl groups excluding tert-OH is 1. The monoisotopic (exact) mass is 223 g/mol. The Labute approximate surface area is 97.2 Å². The summed E-state index contributed by atoms with van der Waals surface area (Å²) < 4.78 is 5.25. The van der Waals surface area contributed by atoms with Crippen molar-refractivity contribution in [2.24, 2.45) is 5.73 Å². The third-order valence-electron chi connectivity index (χ3n) is 2.70. The molecular formula is C13H21NO2. The van der Waals surface area contributed by atoms with E-state index in [1.165, 1.54) is 5.56 Å². The van der Waals surface area contributed by atoms with Gasteiger partial charge >= 0.3 is 0 Å². The first kappa shape index (κ1) is 13.0. The first-order chi connectivity index (χ1) is 7.40. The zero-order valence-corrected chi connectivity index (χ0v) is 10.4. The molecule has 3 heteroatoms. The highest BCUT2D eigenvalue weighted by Crippen LogP contribution is 2.31. The fourth-order valence-electron chi connectivity index (χ4n) is 1.62. The molecule has 0 aliphatic rings. The summed E-state index contributed by atoms with van der Waals surface area (Å²) in [5.41, 5.74) is 7.16. The second-order valence-corrected chi connectivity index (χ2v) is 4.65. The molecule has 3 nitrogen and oxygen atoms in total. The molecule has 0 aromatic heterocycles. The number of benzene rings is 1. The zero-order chi connectivity index (χ0) is 12.3. The molecular weight excluding hydrogens is 202 g/mol. The Morgan fingerprint density at radius 2 is 2.06 bits per heavy atom. The first-order valence-corrected chi connectivity index (χ1v) is 5.54. The second-order valence-electron chi connectivity index (χ2n) is 4.65. The van der Waals surface area contributed by atoms with E-state index in [0.29, 0.717) is 5.75 Å². The quantitative estimate of drug-likeness (QED) is 0.821. The summed E-state index contributed by atoms with van der Waals surface area (Å²) in [5.74, 6) is 0.684. The molecule has 0 saturated carbocycles. The molecule has 3 N–H and O–H groups in total. The Morgan fingerprint density at radius 1 is 1.44 bits per heavy atom. The number of rotatable bonds is 4. The molecule has 1 aromatic rings. The lowest BCUT2D eigenvalue weighted by Crippen LogP contribution is -2.39. The fourth-order valence-corrected chi connectivity index (χ4v) is 1.62. The van der Waals surface area contributed by atoms with Crippen molar-refractivity contribution in [2.75, 3.05) is 7.11 Å². The van der Waals surface area contributed by atoms with Crippen molar-refractivity contribution in [1.29, 1.82) is 0 Å². The lowest BCUT2D eigenvalue weighted by molar-refractivity contribution is 0.102. The Bertz CT molecular complexity index is 355. The average Bonchev–Trinajstić information content (AvgIpc) is 2.25. The van der Waals surface area contributed by atoms with Gasteiger partial charge in [-0.1, -0.05) is 13.0 Å². The molecule has 0 bridgehead atoms. The van der Waals surface area contributed by atoms with Crippen LogP contribution in [0.2, 0.25) is 0 Å². The highest BCUT2D eigenvalue weighted by Gasteiger charge is 2.27. The number of aliphatic hydroxyl groups is 1. The highest BCUT2D eigenvalue weighted by atomic mass is 16.5. The highest BCUT2D eigenvalue weighted by molar-refractivity contribution is 5.40. The molecule has 0 spiro atoms. The normalized spacial score (nSPS) is 13.6. The molecule has 0 heterocycles. The largest absolute Gasteiger partial charge is 0.496 e. The summed E-state index contributed by atoms with van der Waals surface area (Å²) in [6.45, 7) is 5.68. The molecule has 1 atom stereocenters. The Balaban J connectivity index is 3.18. The maximum atomic E-state index is 10.2. The minimum absolute atomic E-state index is 0.681. The molecule has 0 fully saturated rings. The Kier molecular flexibility index (Phi) is 3.94. The van der Waals surface area contributed by atoms with E-state index in [4.69, 9.17) is 10.5 Å². The van der Waals surface area contributed by atoms with Crippen molar-refractivity contribution in [1.82, 2.24) is 0 Å². The van der Waals surface area contributed by atoms with Gasteiger partial charge in [0.2, 0.25) is 0 Å². The third kappa shape index (κ3) is 2.74. The summed E-state index contributed by atoms with van der Waals surface area (Å²) >= 11 is 0. The van der Waals surface area contributed by atoms with Crippen LogP contribution in [-0.4, -0.2) is 17.8 Å². The molecule has 0 aliphatic carbocycles. The van der Waals surface area contributed by atoms with Gasteiger partial charge in [0.25, 0.3) is 0 Å². The Morgan fingerprint density at radius 3 is 2.50 bits per heavy atom. The molecule has 0 radical (unpaired) electrons. The summed E-state index contributed by atoms with van der Waals surface area (Å²) in [5, 5.41) is 10.2. The van der Waals surface area contributed by atoms with E-state index in [1.807, 2.05) is 18.2 Å². The van der Waals surface area contributed by atoms with Crippen LogP contribution < -0.4 is 10.5 Å². The van der Waals surface area contributed by atoms with Gasteiger partial charge in [-0.05, 0) is 38.0 Å². The molecule has 16 heavy (non-hydrogen) atoms. The van der Waals surface area contributed by atoms with Gasteiger partial charge in [-0.2, -0.15) is 0 Å². The van der Waals surface area contributed by atoms with E-state index in [9.17, 15) is 5.11 Å². The summed E-state index contributed by atoms with van der Waals surface area (Å²) in [6, 6.07) is 5.83. The lowest BCUT2D eigenvalue weighted by Gasteiger charge is -2.27. The van der Waals surface area contributed by atoms with Gasteiger partial charge in [-0.15, -0.1) is 0 Å². The van der Waals surface area contributed by atoms with Crippen LogP contribution in [0.25, 0.3) is 0 Å². The van der Waals surface area contributed by atoms with Gasteiger partial charge in [0, 0.05) is 11.1 Å². The first-order valence-electron chi connectivity index (χ1n) is 5.54. The van der Waals surface area contributed by atoms with E-state index in [-0.39, 0.29) is 0 Å². The summed E-state index contributed by atoms with van der Waals surface area (Å²) in [4.78, 5) is 0. The minimum atomic E-state index is -0.728. The number of ether oxygens (including phenoxy) is 1. The van der Waals surface area contributed by atoms with Crippen LogP contribution in [-0.2, 0) is 6.42 Å². The van der Waals surface area contributed by atoms with E-state index >= 15 is 0 Å². The summed E-state index contributed by atoms with van der Waals surface area (Å²) in [7, 11) is 1.60. The van der Waals surface area contributed by atoms with Crippen LogP contribution in [0.15, 0.2) is 18.2 Å². The Hall–Kier alpha value is -1.06. The van der Waals surface area contributed by atoms with Crippen LogP contribution in [0.3, 0.4) is 0 Å². The van der Waals surface area contributed by atoms with Gasteiger partial charge in [0.05, 0.1) is 13.2 Å². The van der Waals surface area contributed by atoms with Crippen molar-refractivity contribution < 1.29 is 9.84 Å². The lowest BCUT2D eigenvalue weighted by atomic mass is 9.90. The average molecular weight is 223 g/mol. The molecule has 90 valence electrons. The van der Waals surface area contributed by atoms with Crippen molar-refractivity contribution in [3.05, 3.63) is 29.3 Å². The number of methoxy groups -OCH3 is 1. The van der Waals surface area contributed by atoms with E-state index in [1.54, 1.807) is 21.0 Å².